The van der Waals surface area contributed by atoms with Crippen LogP contribution in [0.15, 0.2) is 5.38 Å². The minimum Gasteiger partial charge on any atom is -0.350 e. The molecule has 1 aromatic rings. The highest BCUT2D eigenvalue weighted by molar-refractivity contribution is 7.09. The molecular formula is C11H15N3OS. The summed E-state index contributed by atoms with van der Waals surface area (Å²) in [5.41, 5.74) is 5.88. The van der Waals surface area contributed by atoms with E-state index in [0.717, 1.165) is 11.4 Å². The van der Waals surface area contributed by atoms with E-state index >= 15 is 0 Å². The van der Waals surface area contributed by atoms with Crippen molar-refractivity contribution in [3.05, 3.63) is 16.1 Å². The van der Waals surface area contributed by atoms with Gasteiger partial charge in [-0.2, -0.15) is 0 Å². The summed E-state index contributed by atoms with van der Waals surface area (Å²) >= 11 is 1.47. The molecule has 5 heteroatoms. The van der Waals surface area contributed by atoms with Crippen molar-refractivity contribution in [1.82, 2.24) is 10.3 Å². The van der Waals surface area contributed by atoms with Gasteiger partial charge in [-0.3, -0.25) is 4.79 Å². The number of nitrogens with zero attached hydrogens (tertiary/aromatic N) is 1. The van der Waals surface area contributed by atoms with E-state index in [-0.39, 0.29) is 5.91 Å². The van der Waals surface area contributed by atoms with Crippen LogP contribution >= 0.6 is 11.3 Å². The Morgan fingerprint density at radius 1 is 1.69 bits per heavy atom. The second-order valence-electron chi connectivity index (χ2n) is 3.10. The van der Waals surface area contributed by atoms with Crippen molar-refractivity contribution < 1.29 is 4.79 Å². The molecule has 3 N–H and O–H groups in total. The van der Waals surface area contributed by atoms with E-state index in [9.17, 15) is 4.79 Å². The Kier molecular flexibility index (Phi) is 5.54. The summed E-state index contributed by atoms with van der Waals surface area (Å²) in [5, 5.41) is 5.42. The monoisotopic (exact) mass is 237 g/mol. The van der Waals surface area contributed by atoms with Crippen molar-refractivity contribution in [2.45, 2.75) is 19.8 Å². The maximum Gasteiger partial charge on any atom is 0.270 e. The van der Waals surface area contributed by atoms with Crippen LogP contribution in [0.1, 0.15) is 28.8 Å². The van der Waals surface area contributed by atoms with Crippen LogP contribution in [-0.4, -0.2) is 24.0 Å². The van der Waals surface area contributed by atoms with Crippen LogP contribution in [0.3, 0.4) is 0 Å². The number of carbonyl (C=O) groups excluding carboxylic acids is 1. The molecule has 4 nitrogen and oxygen atoms in total. The summed E-state index contributed by atoms with van der Waals surface area (Å²) in [4.78, 5) is 15.8. The molecule has 1 rings (SSSR count). The van der Waals surface area contributed by atoms with Crippen LogP contribution in [0.5, 0.6) is 0 Å². The molecule has 0 fully saturated rings. The van der Waals surface area contributed by atoms with E-state index in [0.29, 0.717) is 25.2 Å². The van der Waals surface area contributed by atoms with Crippen molar-refractivity contribution in [2.24, 2.45) is 5.73 Å². The number of nitrogens with one attached hydrogen (secondary N) is 1. The van der Waals surface area contributed by atoms with Gasteiger partial charge < -0.3 is 11.1 Å². The van der Waals surface area contributed by atoms with Gasteiger partial charge in [-0.05, 0) is 13.5 Å². The summed E-state index contributed by atoms with van der Waals surface area (Å²) in [6.07, 6.45) is 1.39. The second kappa shape index (κ2) is 6.99. The zero-order valence-corrected chi connectivity index (χ0v) is 10.1. The molecule has 1 aromatic heterocycles. The maximum absolute atomic E-state index is 11.6. The van der Waals surface area contributed by atoms with Gasteiger partial charge in [0.15, 0.2) is 0 Å². The second-order valence-corrected chi connectivity index (χ2v) is 4.04. The number of hydrogen-bond donors (Lipinski definition) is 2. The van der Waals surface area contributed by atoms with E-state index in [4.69, 9.17) is 5.73 Å². The van der Waals surface area contributed by atoms with Crippen molar-refractivity contribution >= 4 is 17.2 Å². The fourth-order valence-electron chi connectivity index (χ4n) is 1.11. The number of aromatic nitrogens is 1. The number of hydrogen-bond acceptors (Lipinski definition) is 4. The van der Waals surface area contributed by atoms with Crippen LogP contribution in [0, 0.1) is 11.8 Å². The highest BCUT2D eigenvalue weighted by Crippen LogP contribution is 2.09. The minimum atomic E-state index is -0.141. The summed E-state index contributed by atoms with van der Waals surface area (Å²) in [6, 6.07) is 0. The van der Waals surface area contributed by atoms with Crippen LogP contribution in [-0.2, 0) is 6.42 Å². The number of rotatable bonds is 5. The van der Waals surface area contributed by atoms with Gasteiger partial charge in [0.05, 0.1) is 5.01 Å². The first-order valence-electron chi connectivity index (χ1n) is 5.10. The predicted molar refractivity (Wildman–Crippen MR) is 65.3 cm³/mol. The summed E-state index contributed by atoms with van der Waals surface area (Å²) in [7, 11) is 0. The van der Waals surface area contributed by atoms with Crippen molar-refractivity contribution in [3.8, 4) is 11.8 Å². The molecule has 0 atom stereocenters. The first-order valence-corrected chi connectivity index (χ1v) is 5.98. The lowest BCUT2D eigenvalue weighted by Crippen LogP contribution is -2.24. The van der Waals surface area contributed by atoms with E-state index in [1.807, 2.05) is 0 Å². The Labute approximate surface area is 99.3 Å². The minimum absolute atomic E-state index is 0.141. The molecular weight excluding hydrogens is 222 g/mol. The molecule has 86 valence electrons. The van der Waals surface area contributed by atoms with Gasteiger partial charge >= 0.3 is 0 Å². The van der Waals surface area contributed by atoms with Gasteiger partial charge in [0.1, 0.15) is 5.69 Å². The number of amides is 1. The number of carbonyl (C=O) groups is 1. The number of nitrogens with two attached hydrogens (primary N) is 1. The Hall–Kier alpha value is -1.38. The van der Waals surface area contributed by atoms with Gasteiger partial charge in [-0.15, -0.1) is 23.2 Å². The lowest BCUT2D eigenvalue weighted by atomic mass is 10.4. The third-order valence-corrected chi connectivity index (χ3v) is 2.76. The Morgan fingerprint density at radius 2 is 2.50 bits per heavy atom. The molecule has 1 heterocycles. The third kappa shape index (κ3) is 4.01. The highest BCUT2D eigenvalue weighted by atomic mass is 32.1. The average molecular weight is 237 g/mol. The molecule has 0 aromatic carbocycles. The number of thiazole rings is 1. The molecule has 0 saturated heterocycles. The largest absolute Gasteiger partial charge is 0.350 e. The SMILES string of the molecule is CC#CCCNC(=O)c1csc(CCN)n1. The molecule has 0 aliphatic heterocycles. The normalized spacial score (nSPS) is 9.38. The van der Waals surface area contributed by atoms with Gasteiger partial charge in [0.25, 0.3) is 5.91 Å². The lowest BCUT2D eigenvalue weighted by molar-refractivity contribution is 0.0950. The molecule has 0 aliphatic carbocycles. The summed E-state index contributed by atoms with van der Waals surface area (Å²) in [6.45, 7) is 2.89. The third-order valence-electron chi connectivity index (χ3n) is 1.85. The van der Waals surface area contributed by atoms with Crippen LogP contribution in [0.2, 0.25) is 0 Å². The maximum atomic E-state index is 11.6. The molecule has 0 aliphatic rings. The van der Waals surface area contributed by atoms with Crippen molar-refractivity contribution in [2.75, 3.05) is 13.1 Å². The Balaban J connectivity index is 2.42. The fraction of sp³-hybridized carbons (Fsp3) is 0.455. The molecule has 1 amide bonds. The lowest BCUT2D eigenvalue weighted by Gasteiger charge is -1.98. The molecule has 0 radical (unpaired) electrons. The summed E-state index contributed by atoms with van der Waals surface area (Å²) in [5.74, 6) is 5.51. The Bertz CT molecular complexity index is 403. The first-order chi connectivity index (χ1) is 7.77. The van der Waals surface area contributed by atoms with E-state index in [1.165, 1.54) is 11.3 Å². The smallest absolute Gasteiger partial charge is 0.270 e. The van der Waals surface area contributed by atoms with Gasteiger partial charge in [-0.25, -0.2) is 4.98 Å². The van der Waals surface area contributed by atoms with Gasteiger partial charge in [0, 0.05) is 24.8 Å². The molecule has 0 spiro atoms. The quantitative estimate of drug-likeness (QED) is 0.587. The van der Waals surface area contributed by atoms with Crippen LogP contribution in [0.4, 0.5) is 0 Å². The topological polar surface area (TPSA) is 68.0 Å². The molecule has 0 unspecified atom stereocenters. The first kappa shape index (κ1) is 12.7. The zero-order chi connectivity index (χ0) is 11.8. The molecule has 16 heavy (non-hydrogen) atoms. The van der Waals surface area contributed by atoms with Gasteiger partial charge in [-0.1, -0.05) is 0 Å². The van der Waals surface area contributed by atoms with Gasteiger partial charge in [0.2, 0.25) is 0 Å². The van der Waals surface area contributed by atoms with Crippen LogP contribution in [0.25, 0.3) is 0 Å². The highest BCUT2D eigenvalue weighted by Gasteiger charge is 2.09. The Morgan fingerprint density at radius 3 is 3.19 bits per heavy atom. The van der Waals surface area contributed by atoms with E-state index in [1.54, 1.807) is 12.3 Å². The van der Waals surface area contributed by atoms with E-state index < -0.39 is 0 Å². The molecule has 0 saturated carbocycles. The zero-order valence-electron chi connectivity index (χ0n) is 9.25. The summed E-state index contributed by atoms with van der Waals surface area (Å²) < 4.78 is 0. The molecule has 0 bridgehead atoms. The average Bonchev–Trinajstić information content (AvgIpc) is 2.73. The van der Waals surface area contributed by atoms with Crippen molar-refractivity contribution in [3.63, 3.8) is 0 Å². The van der Waals surface area contributed by atoms with E-state index in [2.05, 4.69) is 22.1 Å². The fourth-order valence-corrected chi connectivity index (χ4v) is 1.90. The standard InChI is InChI=1S/C11H15N3OS/c1-2-3-4-7-13-11(15)9-8-16-10(14-9)5-6-12/h8H,4-7,12H2,1H3,(H,13,15). The predicted octanol–water partition coefficient (Wildman–Crippen LogP) is 0.788. The van der Waals surface area contributed by atoms with Crippen molar-refractivity contribution in [1.29, 1.82) is 0 Å². The van der Waals surface area contributed by atoms with Crippen LogP contribution < -0.4 is 11.1 Å².